The molecule has 156 valence electrons. The van der Waals surface area contributed by atoms with Crippen LogP contribution < -0.4 is 10.9 Å². The summed E-state index contributed by atoms with van der Waals surface area (Å²) in [6.07, 6.45) is 2.16. The number of nitrogens with one attached hydrogen (secondary N) is 1. The third-order valence-electron chi connectivity index (χ3n) is 5.28. The van der Waals surface area contributed by atoms with Gasteiger partial charge in [0.15, 0.2) is 0 Å². The fourth-order valence-electron chi connectivity index (χ4n) is 3.62. The average molecular weight is 426 g/mol. The summed E-state index contributed by atoms with van der Waals surface area (Å²) in [5.74, 6) is -0.0358. The highest BCUT2D eigenvalue weighted by atomic mass is 35.5. The number of anilines is 1. The van der Waals surface area contributed by atoms with Crippen LogP contribution in [-0.2, 0) is 11.3 Å². The number of para-hydroxylation sites is 1. The molecule has 8 heteroatoms. The topological polar surface area (TPSA) is 70.0 Å². The van der Waals surface area contributed by atoms with Gasteiger partial charge in [-0.25, -0.2) is 4.98 Å². The number of pyridine rings is 1. The van der Waals surface area contributed by atoms with Crippen molar-refractivity contribution in [2.75, 3.05) is 38.0 Å². The normalized spacial score (nSPS) is 15.4. The zero-order chi connectivity index (χ0) is 20.9. The van der Waals surface area contributed by atoms with Gasteiger partial charge in [-0.05, 0) is 24.3 Å². The van der Waals surface area contributed by atoms with Gasteiger partial charge >= 0.3 is 0 Å². The Kier molecular flexibility index (Phi) is 6.42. The fraction of sp³-hybridized carbons (Fsp3) is 0.318. The van der Waals surface area contributed by atoms with E-state index in [4.69, 9.17) is 11.6 Å². The first-order valence-electron chi connectivity index (χ1n) is 10.0. The predicted octanol–water partition coefficient (Wildman–Crippen LogP) is 2.49. The molecule has 3 aromatic rings. The zero-order valence-electron chi connectivity index (χ0n) is 16.6. The van der Waals surface area contributed by atoms with Crippen LogP contribution >= 0.6 is 11.6 Å². The minimum Gasteiger partial charge on any atom is -0.325 e. The predicted molar refractivity (Wildman–Crippen MR) is 118 cm³/mol. The number of hydrogen-bond donors (Lipinski definition) is 1. The Morgan fingerprint density at radius 2 is 1.77 bits per heavy atom. The van der Waals surface area contributed by atoms with Gasteiger partial charge < -0.3 is 10.2 Å². The van der Waals surface area contributed by atoms with E-state index in [1.165, 1.54) is 0 Å². The maximum absolute atomic E-state index is 12.2. The molecule has 30 heavy (non-hydrogen) atoms. The van der Waals surface area contributed by atoms with Crippen molar-refractivity contribution in [2.24, 2.45) is 0 Å². The number of nitrogens with zero attached hydrogens (tertiary/aromatic N) is 4. The van der Waals surface area contributed by atoms with E-state index >= 15 is 0 Å². The molecular weight excluding hydrogens is 402 g/mol. The number of carbonyl (C=O) groups excluding carboxylic acids is 1. The lowest BCUT2D eigenvalue weighted by molar-refractivity contribution is -0.116. The third kappa shape index (κ3) is 5.05. The minimum atomic E-state index is -0.0567. The molecule has 1 fully saturated rings. The number of piperazine rings is 1. The SMILES string of the molecule is O=C(CCN1CCN(Cc2cc(=O)n3ccccc3n2)CC1)Nc1ccccc1Cl. The summed E-state index contributed by atoms with van der Waals surface area (Å²) in [7, 11) is 0. The van der Waals surface area contributed by atoms with E-state index in [0.717, 1.165) is 31.9 Å². The zero-order valence-corrected chi connectivity index (χ0v) is 17.4. The first kappa shape index (κ1) is 20.5. The Bertz CT molecular complexity index is 1090. The second-order valence-corrected chi connectivity index (χ2v) is 7.82. The smallest absolute Gasteiger partial charge is 0.258 e. The molecule has 0 radical (unpaired) electrons. The van der Waals surface area contributed by atoms with Crippen LogP contribution in [0.4, 0.5) is 5.69 Å². The third-order valence-corrected chi connectivity index (χ3v) is 5.61. The van der Waals surface area contributed by atoms with Crippen LogP contribution in [0, 0.1) is 0 Å². The molecule has 1 N–H and O–H groups in total. The molecule has 1 aliphatic rings. The van der Waals surface area contributed by atoms with Gasteiger partial charge in [-0.2, -0.15) is 0 Å². The Balaban J connectivity index is 1.25. The number of benzene rings is 1. The van der Waals surface area contributed by atoms with Gasteiger partial charge in [-0.1, -0.05) is 29.8 Å². The van der Waals surface area contributed by atoms with Gasteiger partial charge in [0, 0.05) is 58.0 Å². The van der Waals surface area contributed by atoms with Crippen molar-refractivity contribution < 1.29 is 4.79 Å². The van der Waals surface area contributed by atoms with Crippen molar-refractivity contribution in [3.05, 3.63) is 75.8 Å². The molecule has 7 nitrogen and oxygen atoms in total. The molecule has 2 aromatic heterocycles. The van der Waals surface area contributed by atoms with E-state index in [0.29, 0.717) is 35.9 Å². The van der Waals surface area contributed by atoms with Crippen molar-refractivity contribution in [1.29, 1.82) is 0 Å². The highest BCUT2D eigenvalue weighted by Crippen LogP contribution is 2.20. The molecule has 0 spiro atoms. The van der Waals surface area contributed by atoms with Gasteiger partial charge in [-0.3, -0.25) is 18.9 Å². The molecule has 1 aromatic carbocycles. The van der Waals surface area contributed by atoms with Gasteiger partial charge in [-0.15, -0.1) is 0 Å². The van der Waals surface area contributed by atoms with E-state index in [1.54, 1.807) is 28.8 Å². The van der Waals surface area contributed by atoms with E-state index in [1.807, 2.05) is 30.3 Å². The molecule has 0 unspecified atom stereocenters. The van der Waals surface area contributed by atoms with Crippen molar-refractivity contribution in [1.82, 2.24) is 19.2 Å². The number of aromatic nitrogens is 2. The van der Waals surface area contributed by atoms with Crippen LogP contribution in [0.2, 0.25) is 5.02 Å². The van der Waals surface area contributed by atoms with E-state index in [-0.39, 0.29) is 11.5 Å². The first-order chi connectivity index (χ1) is 14.6. The summed E-state index contributed by atoms with van der Waals surface area (Å²) < 4.78 is 1.55. The highest BCUT2D eigenvalue weighted by molar-refractivity contribution is 6.33. The molecular formula is C22H24ClN5O2. The monoisotopic (exact) mass is 425 g/mol. The molecule has 0 atom stereocenters. The van der Waals surface area contributed by atoms with Gasteiger partial charge in [0.05, 0.1) is 16.4 Å². The number of hydrogen-bond acceptors (Lipinski definition) is 5. The first-order valence-corrected chi connectivity index (χ1v) is 10.4. The fourth-order valence-corrected chi connectivity index (χ4v) is 3.80. The molecule has 1 aliphatic heterocycles. The van der Waals surface area contributed by atoms with E-state index in [2.05, 4.69) is 20.1 Å². The van der Waals surface area contributed by atoms with Crippen LogP contribution in [0.5, 0.6) is 0 Å². The number of fused-ring (bicyclic) bond motifs is 1. The molecule has 0 saturated carbocycles. The summed E-state index contributed by atoms with van der Waals surface area (Å²) in [6, 6.07) is 14.4. The Hall–Kier alpha value is -2.74. The summed E-state index contributed by atoms with van der Waals surface area (Å²) >= 11 is 6.08. The van der Waals surface area contributed by atoms with Crippen LogP contribution in [0.25, 0.3) is 5.65 Å². The van der Waals surface area contributed by atoms with E-state index in [9.17, 15) is 9.59 Å². The van der Waals surface area contributed by atoms with Gasteiger partial charge in [0.2, 0.25) is 5.91 Å². The average Bonchev–Trinajstić information content (AvgIpc) is 2.75. The Morgan fingerprint density at radius 1 is 1.03 bits per heavy atom. The lowest BCUT2D eigenvalue weighted by Gasteiger charge is -2.34. The van der Waals surface area contributed by atoms with Gasteiger partial charge in [0.25, 0.3) is 5.56 Å². The lowest BCUT2D eigenvalue weighted by Crippen LogP contribution is -2.46. The van der Waals surface area contributed by atoms with Crippen LogP contribution in [0.1, 0.15) is 12.1 Å². The summed E-state index contributed by atoms with van der Waals surface area (Å²) in [5.41, 5.74) is 2.05. The largest absolute Gasteiger partial charge is 0.325 e. The number of amides is 1. The second-order valence-electron chi connectivity index (χ2n) is 7.41. The molecule has 0 bridgehead atoms. The molecule has 4 rings (SSSR count). The van der Waals surface area contributed by atoms with Crippen molar-refractivity contribution >= 4 is 28.8 Å². The number of rotatable bonds is 6. The standard InChI is InChI=1S/C22H24ClN5O2/c23-18-5-1-2-6-19(18)25-21(29)8-10-26-11-13-27(14-12-26)16-17-15-22(30)28-9-4-3-7-20(28)24-17/h1-7,9,15H,8,10-14,16H2,(H,25,29). The molecule has 1 saturated heterocycles. The van der Waals surface area contributed by atoms with Crippen LogP contribution in [0.3, 0.4) is 0 Å². The lowest BCUT2D eigenvalue weighted by atomic mass is 10.2. The Morgan fingerprint density at radius 3 is 2.57 bits per heavy atom. The van der Waals surface area contributed by atoms with Crippen molar-refractivity contribution in [2.45, 2.75) is 13.0 Å². The maximum Gasteiger partial charge on any atom is 0.258 e. The maximum atomic E-state index is 12.2. The molecule has 0 aliphatic carbocycles. The number of carbonyl (C=O) groups is 1. The molecule has 1 amide bonds. The van der Waals surface area contributed by atoms with E-state index < -0.39 is 0 Å². The van der Waals surface area contributed by atoms with Crippen LogP contribution in [0.15, 0.2) is 59.5 Å². The Labute approximate surface area is 179 Å². The highest BCUT2D eigenvalue weighted by Gasteiger charge is 2.18. The van der Waals surface area contributed by atoms with Crippen molar-refractivity contribution in [3.8, 4) is 0 Å². The summed E-state index contributed by atoms with van der Waals surface area (Å²) in [4.78, 5) is 33.6. The number of halogens is 1. The van der Waals surface area contributed by atoms with Crippen molar-refractivity contribution in [3.63, 3.8) is 0 Å². The van der Waals surface area contributed by atoms with Gasteiger partial charge in [0.1, 0.15) is 5.65 Å². The quantitative estimate of drug-likeness (QED) is 0.657. The summed E-state index contributed by atoms with van der Waals surface area (Å²) in [5, 5.41) is 3.41. The van der Waals surface area contributed by atoms with Crippen LogP contribution in [-0.4, -0.2) is 57.8 Å². The second kappa shape index (κ2) is 9.38. The molecule has 3 heterocycles. The summed E-state index contributed by atoms with van der Waals surface area (Å²) in [6.45, 7) is 4.88. The minimum absolute atomic E-state index is 0.0358.